The van der Waals surface area contributed by atoms with Crippen LogP contribution in [-0.4, -0.2) is 25.0 Å². The van der Waals surface area contributed by atoms with Crippen molar-refractivity contribution in [2.45, 2.75) is 38.5 Å². The minimum atomic E-state index is -0.525. The van der Waals surface area contributed by atoms with Crippen LogP contribution in [0.1, 0.15) is 48.9 Å². The Bertz CT molecular complexity index is 920. The number of esters is 1. The number of benzene rings is 2. The molecule has 0 heterocycles. The minimum absolute atomic E-state index is 0.221. The molecule has 0 radical (unpaired) electrons. The van der Waals surface area contributed by atoms with E-state index in [2.05, 4.69) is 5.32 Å². The Morgan fingerprint density at radius 1 is 0.871 bits per heavy atom. The van der Waals surface area contributed by atoms with Gasteiger partial charge in [0, 0.05) is 6.54 Å². The fourth-order valence-electron chi connectivity index (χ4n) is 6.37. The van der Waals surface area contributed by atoms with Crippen molar-refractivity contribution < 1.29 is 19.1 Å². The Labute approximate surface area is 183 Å². The molecule has 5 nitrogen and oxygen atoms in total. The number of ether oxygens (including phenoxy) is 2. The van der Waals surface area contributed by atoms with Crippen LogP contribution >= 0.6 is 0 Å². The van der Waals surface area contributed by atoms with Gasteiger partial charge in [0.2, 0.25) is 0 Å². The molecule has 5 heteroatoms. The van der Waals surface area contributed by atoms with Crippen LogP contribution in [0.4, 0.5) is 0 Å². The van der Waals surface area contributed by atoms with Crippen molar-refractivity contribution in [3.63, 3.8) is 0 Å². The third kappa shape index (κ3) is 4.60. The number of hydrogen-bond acceptors (Lipinski definition) is 4. The monoisotopic (exact) mass is 419 g/mol. The molecule has 0 aliphatic heterocycles. The number of nitrogens with one attached hydrogen (secondary N) is 1. The predicted molar refractivity (Wildman–Crippen MR) is 117 cm³/mol. The van der Waals surface area contributed by atoms with Crippen molar-refractivity contribution in [1.29, 1.82) is 0 Å². The van der Waals surface area contributed by atoms with E-state index < -0.39 is 5.97 Å². The van der Waals surface area contributed by atoms with Crippen LogP contribution in [0.25, 0.3) is 0 Å². The van der Waals surface area contributed by atoms with Crippen LogP contribution in [-0.2, 0) is 9.53 Å². The van der Waals surface area contributed by atoms with Crippen molar-refractivity contribution in [3.8, 4) is 11.5 Å². The van der Waals surface area contributed by atoms with E-state index in [1.54, 1.807) is 24.3 Å². The van der Waals surface area contributed by atoms with Gasteiger partial charge in [-0.1, -0.05) is 24.3 Å². The van der Waals surface area contributed by atoms with E-state index in [-0.39, 0.29) is 17.9 Å². The van der Waals surface area contributed by atoms with E-state index in [4.69, 9.17) is 9.47 Å². The van der Waals surface area contributed by atoms with Crippen molar-refractivity contribution in [1.82, 2.24) is 5.32 Å². The topological polar surface area (TPSA) is 64.6 Å². The first-order valence-corrected chi connectivity index (χ1v) is 11.3. The van der Waals surface area contributed by atoms with E-state index in [0.29, 0.717) is 23.6 Å². The van der Waals surface area contributed by atoms with Gasteiger partial charge in [0.1, 0.15) is 11.5 Å². The average Bonchev–Trinajstić information content (AvgIpc) is 2.76. The van der Waals surface area contributed by atoms with Crippen molar-refractivity contribution >= 4 is 11.9 Å². The minimum Gasteiger partial charge on any atom is -0.457 e. The predicted octanol–water partition coefficient (Wildman–Crippen LogP) is 4.97. The highest BCUT2D eigenvalue weighted by Crippen LogP contribution is 2.59. The molecule has 1 amide bonds. The second-order valence-corrected chi connectivity index (χ2v) is 9.71. The van der Waals surface area contributed by atoms with Crippen molar-refractivity contribution in [3.05, 3.63) is 60.2 Å². The van der Waals surface area contributed by atoms with E-state index in [1.165, 1.54) is 38.5 Å². The Balaban J connectivity index is 1.11. The summed E-state index contributed by atoms with van der Waals surface area (Å²) in [4.78, 5) is 24.8. The summed E-state index contributed by atoms with van der Waals surface area (Å²) < 4.78 is 11.0. The molecule has 4 fully saturated rings. The van der Waals surface area contributed by atoms with Crippen LogP contribution in [0, 0.1) is 23.2 Å². The van der Waals surface area contributed by atoms with Gasteiger partial charge in [0.25, 0.3) is 5.91 Å². The average molecular weight is 420 g/mol. The lowest BCUT2D eigenvalue weighted by Crippen LogP contribution is -2.51. The SMILES string of the molecule is O=C(COC(=O)c1cccc(Oc2ccccc2)c1)NCC12CC3CC(CC(C3)C1)C2. The standard InChI is InChI=1S/C26H29NO4/c28-24(27-17-26-13-18-9-19(14-26)11-20(10-18)15-26)16-30-25(29)21-5-4-8-23(12-21)31-22-6-2-1-3-7-22/h1-8,12,18-20H,9-11,13-17H2,(H,27,28). The Morgan fingerprint density at radius 2 is 1.52 bits per heavy atom. The van der Waals surface area contributed by atoms with Gasteiger partial charge in [-0.05, 0) is 92.0 Å². The van der Waals surface area contributed by atoms with E-state index in [1.807, 2.05) is 30.3 Å². The third-order valence-electron chi connectivity index (χ3n) is 7.21. The number of hydrogen-bond donors (Lipinski definition) is 1. The first kappa shape index (κ1) is 20.1. The van der Waals surface area contributed by atoms with Gasteiger partial charge >= 0.3 is 5.97 Å². The van der Waals surface area contributed by atoms with Gasteiger partial charge in [0.15, 0.2) is 6.61 Å². The molecule has 0 unspecified atom stereocenters. The Morgan fingerprint density at radius 3 is 2.19 bits per heavy atom. The molecule has 0 saturated heterocycles. The number of para-hydroxylation sites is 1. The maximum Gasteiger partial charge on any atom is 0.338 e. The molecule has 4 saturated carbocycles. The zero-order valence-electron chi connectivity index (χ0n) is 17.7. The van der Waals surface area contributed by atoms with Crippen LogP contribution in [0.3, 0.4) is 0 Å². The molecule has 0 spiro atoms. The number of carbonyl (C=O) groups excluding carboxylic acids is 2. The van der Waals surface area contributed by atoms with Crippen molar-refractivity contribution in [2.75, 3.05) is 13.2 Å². The molecular formula is C26H29NO4. The van der Waals surface area contributed by atoms with Gasteiger partial charge in [-0.15, -0.1) is 0 Å². The summed E-state index contributed by atoms with van der Waals surface area (Å²) in [7, 11) is 0. The molecule has 2 aromatic rings. The van der Waals surface area contributed by atoms with Crippen LogP contribution < -0.4 is 10.1 Å². The summed E-state index contributed by atoms with van der Waals surface area (Å²) >= 11 is 0. The molecular weight excluding hydrogens is 390 g/mol. The zero-order valence-corrected chi connectivity index (χ0v) is 17.7. The van der Waals surface area contributed by atoms with Gasteiger partial charge < -0.3 is 14.8 Å². The molecule has 4 aliphatic carbocycles. The van der Waals surface area contributed by atoms with Gasteiger partial charge in [-0.3, -0.25) is 4.79 Å². The fraction of sp³-hybridized carbons (Fsp3) is 0.462. The lowest BCUT2D eigenvalue weighted by atomic mass is 9.49. The molecule has 6 rings (SSSR count). The quantitative estimate of drug-likeness (QED) is 0.644. The lowest BCUT2D eigenvalue weighted by Gasteiger charge is -2.56. The highest BCUT2D eigenvalue weighted by Gasteiger charge is 2.50. The second kappa shape index (κ2) is 8.37. The van der Waals surface area contributed by atoms with Gasteiger partial charge in [-0.2, -0.15) is 0 Å². The summed E-state index contributed by atoms with van der Waals surface area (Å²) in [6.07, 6.45) is 7.89. The van der Waals surface area contributed by atoms with Gasteiger partial charge in [0.05, 0.1) is 5.56 Å². The first-order chi connectivity index (χ1) is 15.1. The largest absolute Gasteiger partial charge is 0.457 e. The number of rotatable bonds is 7. The normalized spacial score (nSPS) is 28.2. The molecule has 162 valence electrons. The second-order valence-electron chi connectivity index (χ2n) is 9.71. The molecule has 4 aliphatic rings. The summed E-state index contributed by atoms with van der Waals surface area (Å²) in [5.41, 5.74) is 0.639. The highest BCUT2D eigenvalue weighted by atomic mass is 16.5. The molecule has 0 atom stereocenters. The maximum atomic E-state index is 12.4. The smallest absolute Gasteiger partial charge is 0.338 e. The summed E-state index contributed by atoms with van der Waals surface area (Å²) in [5.74, 6) is 3.05. The fourth-order valence-corrected chi connectivity index (χ4v) is 6.37. The number of amides is 1. The molecule has 0 aromatic heterocycles. The van der Waals surface area contributed by atoms with Crippen LogP contribution in [0.15, 0.2) is 54.6 Å². The molecule has 1 N–H and O–H groups in total. The van der Waals surface area contributed by atoms with Gasteiger partial charge in [-0.25, -0.2) is 4.79 Å². The Kier molecular flexibility index (Phi) is 5.43. The van der Waals surface area contributed by atoms with Crippen LogP contribution in [0.5, 0.6) is 11.5 Å². The van der Waals surface area contributed by atoms with E-state index in [0.717, 1.165) is 17.8 Å². The van der Waals surface area contributed by atoms with E-state index in [9.17, 15) is 9.59 Å². The molecule has 4 bridgehead atoms. The summed E-state index contributed by atoms with van der Waals surface area (Å²) in [5, 5.41) is 3.05. The maximum absolute atomic E-state index is 12.4. The third-order valence-corrected chi connectivity index (χ3v) is 7.21. The van der Waals surface area contributed by atoms with E-state index >= 15 is 0 Å². The molecule has 31 heavy (non-hydrogen) atoms. The first-order valence-electron chi connectivity index (χ1n) is 11.3. The summed E-state index contributed by atoms with van der Waals surface area (Å²) in [6, 6.07) is 16.2. The Hall–Kier alpha value is -2.82. The van der Waals surface area contributed by atoms with Crippen molar-refractivity contribution in [2.24, 2.45) is 23.2 Å². The summed E-state index contributed by atoms with van der Waals surface area (Å²) in [6.45, 7) is 0.461. The highest BCUT2D eigenvalue weighted by molar-refractivity contribution is 5.91. The number of carbonyl (C=O) groups is 2. The van der Waals surface area contributed by atoms with Crippen LogP contribution in [0.2, 0.25) is 0 Å². The molecule has 2 aromatic carbocycles. The zero-order chi connectivity index (χ0) is 21.3. The lowest BCUT2D eigenvalue weighted by molar-refractivity contribution is -0.126.